The first-order valence-corrected chi connectivity index (χ1v) is 5.95. The van der Waals surface area contributed by atoms with Crippen molar-refractivity contribution >= 4 is 16.6 Å². The quantitative estimate of drug-likeness (QED) is 0.755. The Bertz CT molecular complexity index is 668. The van der Waals surface area contributed by atoms with Crippen LogP contribution in [0.2, 0.25) is 0 Å². The van der Waals surface area contributed by atoms with E-state index in [1.54, 1.807) is 6.26 Å². The maximum atomic E-state index is 5.42. The van der Waals surface area contributed by atoms with Crippen molar-refractivity contribution in [2.24, 2.45) is 0 Å². The van der Waals surface area contributed by atoms with Gasteiger partial charge in [0.25, 0.3) is 0 Å². The van der Waals surface area contributed by atoms with Crippen LogP contribution in [0.5, 0.6) is 0 Å². The number of nitrogens with zero attached hydrogens (tertiary/aromatic N) is 1. The molecule has 0 amide bonds. The van der Waals surface area contributed by atoms with Gasteiger partial charge in [0.2, 0.25) is 0 Å². The number of hydrogen-bond donors (Lipinski definition) is 1. The third kappa shape index (κ3) is 1.95. The van der Waals surface area contributed by atoms with Crippen LogP contribution in [-0.4, -0.2) is 4.98 Å². The third-order valence-electron chi connectivity index (χ3n) is 3.05. The molecule has 18 heavy (non-hydrogen) atoms. The van der Waals surface area contributed by atoms with Crippen LogP contribution < -0.4 is 5.32 Å². The zero-order valence-corrected chi connectivity index (χ0v) is 10.2. The molecule has 3 aromatic rings. The number of aromatic nitrogens is 1. The van der Waals surface area contributed by atoms with Crippen molar-refractivity contribution < 1.29 is 4.42 Å². The first-order chi connectivity index (χ1) is 8.84. The lowest BCUT2D eigenvalue weighted by Gasteiger charge is -2.08. The van der Waals surface area contributed by atoms with Crippen LogP contribution in [0.15, 0.2) is 53.3 Å². The highest BCUT2D eigenvalue weighted by atomic mass is 16.3. The van der Waals surface area contributed by atoms with E-state index < -0.39 is 0 Å². The lowest BCUT2D eigenvalue weighted by Crippen LogP contribution is -2.00. The molecule has 0 aliphatic carbocycles. The Morgan fingerprint density at radius 2 is 2.11 bits per heavy atom. The maximum absolute atomic E-state index is 5.42. The van der Waals surface area contributed by atoms with Crippen LogP contribution in [0.25, 0.3) is 10.9 Å². The molecule has 0 spiro atoms. The van der Waals surface area contributed by atoms with Crippen molar-refractivity contribution in [1.29, 1.82) is 0 Å². The molecule has 0 saturated carbocycles. The average Bonchev–Trinajstić information content (AvgIpc) is 2.82. The number of hydrogen-bond acceptors (Lipinski definition) is 3. The first-order valence-electron chi connectivity index (χ1n) is 5.95. The van der Waals surface area contributed by atoms with Gasteiger partial charge >= 0.3 is 0 Å². The predicted octanol–water partition coefficient (Wildman–Crippen LogP) is 3.75. The average molecular weight is 238 g/mol. The largest absolute Gasteiger partial charge is 0.467 e. The summed E-state index contributed by atoms with van der Waals surface area (Å²) in [5.41, 5.74) is 3.25. The third-order valence-corrected chi connectivity index (χ3v) is 3.05. The molecule has 0 radical (unpaired) electrons. The van der Waals surface area contributed by atoms with Crippen molar-refractivity contribution in [2.75, 3.05) is 5.32 Å². The summed E-state index contributed by atoms with van der Waals surface area (Å²) in [4.78, 5) is 4.34. The van der Waals surface area contributed by atoms with Gasteiger partial charge in [0.05, 0.1) is 18.3 Å². The lowest BCUT2D eigenvalue weighted by atomic mass is 10.2. The summed E-state index contributed by atoms with van der Waals surface area (Å²) in [5.74, 6) is 0.968. The Kier molecular flexibility index (Phi) is 2.73. The Morgan fingerprint density at radius 3 is 2.94 bits per heavy atom. The van der Waals surface area contributed by atoms with E-state index in [4.69, 9.17) is 4.42 Å². The number of nitrogens with one attached hydrogen (secondary N) is 1. The molecule has 2 heterocycles. The highest BCUT2D eigenvalue weighted by molar-refractivity contribution is 5.91. The SMILES string of the molecule is Cc1ccoc1CNc1cccc2ncccc12. The Morgan fingerprint density at radius 1 is 1.17 bits per heavy atom. The molecule has 0 unspecified atom stereocenters. The molecule has 0 fully saturated rings. The minimum absolute atomic E-state index is 0.687. The van der Waals surface area contributed by atoms with E-state index in [1.807, 2.05) is 37.4 Å². The molecule has 0 aliphatic rings. The Hall–Kier alpha value is -2.29. The monoisotopic (exact) mass is 238 g/mol. The smallest absolute Gasteiger partial charge is 0.125 e. The van der Waals surface area contributed by atoms with E-state index in [2.05, 4.69) is 22.4 Å². The zero-order valence-electron chi connectivity index (χ0n) is 10.2. The van der Waals surface area contributed by atoms with E-state index >= 15 is 0 Å². The summed E-state index contributed by atoms with van der Waals surface area (Å²) in [6, 6.07) is 12.1. The molecular formula is C15H14N2O. The van der Waals surface area contributed by atoms with Gasteiger partial charge in [0.1, 0.15) is 5.76 Å². The molecule has 0 aliphatic heterocycles. The van der Waals surface area contributed by atoms with Crippen molar-refractivity contribution in [2.45, 2.75) is 13.5 Å². The summed E-state index contributed by atoms with van der Waals surface area (Å²) in [5, 5.41) is 4.53. The van der Waals surface area contributed by atoms with Crippen LogP contribution in [0.4, 0.5) is 5.69 Å². The van der Waals surface area contributed by atoms with E-state index in [0.717, 1.165) is 22.4 Å². The van der Waals surface area contributed by atoms with Gasteiger partial charge in [-0.25, -0.2) is 0 Å². The summed E-state index contributed by atoms with van der Waals surface area (Å²) in [7, 11) is 0. The van der Waals surface area contributed by atoms with Gasteiger partial charge in [-0.3, -0.25) is 4.98 Å². The molecular weight excluding hydrogens is 224 g/mol. The summed E-state index contributed by atoms with van der Waals surface area (Å²) >= 11 is 0. The van der Waals surface area contributed by atoms with Crippen LogP contribution in [-0.2, 0) is 6.54 Å². The second-order valence-corrected chi connectivity index (χ2v) is 4.26. The molecule has 3 nitrogen and oxygen atoms in total. The molecule has 0 saturated heterocycles. The number of furan rings is 1. The first kappa shape index (κ1) is 10.8. The standard InChI is InChI=1S/C15H14N2O/c1-11-7-9-18-15(11)10-17-14-6-2-5-13-12(14)4-3-8-16-13/h2-9,17H,10H2,1H3. The fourth-order valence-electron chi connectivity index (χ4n) is 2.02. The number of fused-ring (bicyclic) bond motifs is 1. The zero-order chi connectivity index (χ0) is 12.4. The highest BCUT2D eigenvalue weighted by Gasteiger charge is 2.04. The summed E-state index contributed by atoms with van der Waals surface area (Å²) < 4.78 is 5.42. The van der Waals surface area contributed by atoms with Gasteiger partial charge in [-0.2, -0.15) is 0 Å². The van der Waals surface area contributed by atoms with E-state index in [-0.39, 0.29) is 0 Å². The molecule has 0 atom stereocenters. The van der Waals surface area contributed by atoms with Crippen molar-refractivity contribution in [3.63, 3.8) is 0 Å². The molecule has 3 heteroatoms. The van der Waals surface area contributed by atoms with Crippen LogP contribution in [0.1, 0.15) is 11.3 Å². The van der Waals surface area contributed by atoms with Gasteiger partial charge in [0, 0.05) is 17.3 Å². The van der Waals surface area contributed by atoms with E-state index in [0.29, 0.717) is 6.54 Å². The fraction of sp³-hybridized carbons (Fsp3) is 0.133. The molecule has 3 rings (SSSR count). The van der Waals surface area contributed by atoms with E-state index in [1.165, 1.54) is 5.56 Å². The highest BCUT2D eigenvalue weighted by Crippen LogP contribution is 2.22. The second-order valence-electron chi connectivity index (χ2n) is 4.26. The Balaban J connectivity index is 1.89. The molecule has 2 aromatic heterocycles. The van der Waals surface area contributed by atoms with Gasteiger partial charge in [-0.1, -0.05) is 6.07 Å². The van der Waals surface area contributed by atoms with Gasteiger partial charge < -0.3 is 9.73 Å². The summed E-state index contributed by atoms with van der Waals surface area (Å²) in [6.45, 7) is 2.73. The number of benzene rings is 1. The number of pyridine rings is 1. The number of aryl methyl sites for hydroxylation is 1. The van der Waals surface area contributed by atoms with Crippen LogP contribution in [0.3, 0.4) is 0 Å². The lowest BCUT2D eigenvalue weighted by molar-refractivity contribution is 0.515. The topological polar surface area (TPSA) is 38.1 Å². The molecule has 0 bridgehead atoms. The normalized spacial score (nSPS) is 10.7. The summed E-state index contributed by atoms with van der Waals surface area (Å²) in [6.07, 6.45) is 3.53. The minimum Gasteiger partial charge on any atom is -0.467 e. The molecule has 90 valence electrons. The van der Waals surface area contributed by atoms with Gasteiger partial charge in [0.15, 0.2) is 0 Å². The Labute approximate surface area is 105 Å². The predicted molar refractivity (Wildman–Crippen MR) is 72.5 cm³/mol. The van der Waals surface area contributed by atoms with Crippen molar-refractivity contribution in [3.05, 3.63) is 60.2 Å². The fourth-order valence-corrected chi connectivity index (χ4v) is 2.02. The molecule has 1 N–H and O–H groups in total. The van der Waals surface area contributed by atoms with Gasteiger partial charge in [-0.05, 0) is 42.8 Å². The van der Waals surface area contributed by atoms with E-state index in [9.17, 15) is 0 Å². The van der Waals surface area contributed by atoms with Gasteiger partial charge in [-0.15, -0.1) is 0 Å². The van der Waals surface area contributed by atoms with Crippen molar-refractivity contribution in [3.8, 4) is 0 Å². The molecule has 1 aromatic carbocycles. The van der Waals surface area contributed by atoms with Crippen LogP contribution >= 0.6 is 0 Å². The number of anilines is 1. The van der Waals surface area contributed by atoms with Crippen LogP contribution in [0, 0.1) is 6.92 Å². The van der Waals surface area contributed by atoms with Crippen molar-refractivity contribution in [1.82, 2.24) is 4.98 Å². The second kappa shape index (κ2) is 4.53. The minimum atomic E-state index is 0.687. The number of rotatable bonds is 3. The maximum Gasteiger partial charge on any atom is 0.125 e.